The predicted molar refractivity (Wildman–Crippen MR) is 121 cm³/mol. The molecule has 7 heteroatoms. The highest BCUT2D eigenvalue weighted by Gasteiger charge is 2.35. The van der Waals surface area contributed by atoms with Gasteiger partial charge in [0.25, 0.3) is 5.78 Å². The van der Waals surface area contributed by atoms with E-state index in [-0.39, 0.29) is 11.2 Å². The van der Waals surface area contributed by atoms with E-state index in [1.54, 1.807) is 12.1 Å². The molecule has 1 aromatic carbocycles. The molecule has 0 N–H and O–H groups in total. The highest BCUT2D eigenvalue weighted by atomic mass is 19.1. The average molecular weight is 426 g/mol. The van der Waals surface area contributed by atoms with Gasteiger partial charge in [-0.25, -0.2) is 4.39 Å². The van der Waals surface area contributed by atoms with Crippen LogP contribution in [-0.2, 0) is 6.42 Å². The van der Waals surface area contributed by atoms with Gasteiger partial charge in [0.05, 0.1) is 17.4 Å². The van der Waals surface area contributed by atoms with Crippen molar-refractivity contribution < 1.29 is 4.39 Å². The van der Waals surface area contributed by atoms with Crippen molar-refractivity contribution in [3.63, 3.8) is 0 Å². The molecule has 0 saturated heterocycles. The first-order valence-corrected chi connectivity index (χ1v) is 11.1. The molecule has 32 heavy (non-hydrogen) atoms. The van der Waals surface area contributed by atoms with Crippen LogP contribution in [0.15, 0.2) is 30.6 Å². The summed E-state index contributed by atoms with van der Waals surface area (Å²) >= 11 is 0. The molecule has 0 atom stereocenters. The standard InChI is InChI=1S/C25H23FN6/c1-16-29-30-24-28-23(20-13-18(26)6-7-21(20)32(16)24)31-12-4-3-5-19-17(14-27-15-22(19)31)8-9-25(2)10-11-25/h6-7,13-15H,3-5,10-12H2,1-2H3. The molecule has 3 aromatic heterocycles. The Labute approximate surface area is 185 Å². The van der Waals surface area contributed by atoms with Crippen molar-refractivity contribution in [2.24, 2.45) is 5.41 Å². The normalized spacial score (nSPS) is 17.0. The van der Waals surface area contributed by atoms with E-state index in [2.05, 4.69) is 38.8 Å². The molecule has 1 saturated carbocycles. The number of aryl methyl sites for hydroxylation is 1. The van der Waals surface area contributed by atoms with Crippen LogP contribution < -0.4 is 4.90 Å². The molecule has 0 unspecified atom stereocenters. The van der Waals surface area contributed by atoms with E-state index >= 15 is 0 Å². The number of nitrogens with zero attached hydrogens (tertiary/aromatic N) is 6. The van der Waals surface area contributed by atoms with Crippen LogP contribution >= 0.6 is 0 Å². The Morgan fingerprint density at radius 2 is 2.00 bits per heavy atom. The summed E-state index contributed by atoms with van der Waals surface area (Å²) < 4.78 is 16.2. The smallest absolute Gasteiger partial charge is 0.257 e. The Kier molecular flexibility index (Phi) is 4.19. The molecular formula is C25H23FN6. The highest BCUT2D eigenvalue weighted by Crippen LogP contribution is 2.44. The summed E-state index contributed by atoms with van der Waals surface area (Å²) in [7, 11) is 0. The first-order chi connectivity index (χ1) is 15.5. The summed E-state index contributed by atoms with van der Waals surface area (Å²) in [5.74, 6) is 8.47. The van der Waals surface area contributed by atoms with Crippen LogP contribution in [-0.4, -0.2) is 31.1 Å². The Morgan fingerprint density at radius 3 is 2.84 bits per heavy atom. The van der Waals surface area contributed by atoms with Crippen LogP contribution in [0.4, 0.5) is 15.9 Å². The minimum absolute atomic E-state index is 0.152. The van der Waals surface area contributed by atoms with Gasteiger partial charge in [-0.1, -0.05) is 11.8 Å². The number of hydrogen-bond donors (Lipinski definition) is 0. The number of fused-ring (bicyclic) bond motifs is 4. The SMILES string of the molecule is Cc1nnc2nc(N3CCCCc4c(C#CC5(C)CC5)cncc43)c3cc(F)ccc3n12. The lowest BCUT2D eigenvalue weighted by atomic mass is 10.0. The van der Waals surface area contributed by atoms with Crippen LogP contribution in [0.2, 0.25) is 0 Å². The van der Waals surface area contributed by atoms with Gasteiger partial charge in [0, 0.05) is 29.1 Å². The molecule has 0 radical (unpaired) electrons. The van der Waals surface area contributed by atoms with Crippen LogP contribution in [0, 0.1) is 30.0 Å². The van der Waals surface area contributed by atoms with Gasteiger partial charge in [0.1, 0.15) is 17.5 Å². The van der Waals surface area contributed by atoms with Crippen LogP contribution in [0.1, 0.15) is 49.6 Å². The Morgan fingerprint density at radius 1 is 1.12 bits per heavy atom. The number of pyridine rings is 1. The summed E-state index contributed by atoms with van der Waals surface area (Å²) in [6.45, 7) is 4.85. The fourth-order valence-corrected chi connectivity index (χ4v) is 4.47. The van der Waals surface area contributed by atoms with Crippen molar-refractivity contribution in [1.82, 2.24) is 24.6 Å². The largest absolute Gasteiger partial charge is 0.324 e. The Hall–Kier alpha value is -3.53. The molecule has 2 aliphatic rings. The van der Waals surface area contributed by atoms with E-state index in [0.29, 0.717) is 11.6 Å². The number of rotatable bonds is 1. The monoisotopic (exact) mass is 426 g/mol. The van der Waals surface area contributed by atoms with Gasteiger partial charge in [0.15, 0.2) is 0 Å². The average Bonchev–Trinajstić information content (AvgIpc) is 3.47. The highest BCUT2D eigenvalue weighted by molar-refractivity contribution is 5.94. The third-order valence-electron chi connectivity index (χ3n) is 6.59. The molecule has 1 aliphatic carbocycles. The van der Waals surface area contributed by atoms with Gasteiger partial charge in [0.2, 0.25) is 0 Å². The molecule has 160 valence electrons. The summed E-state index contributed by atoms with van der Waals surface area (Å²) in [6, 6.07) is 4.79. The third-order valence-corrected chi connectivity index (χ3v) is 6.59. The maximum atomic E-state index is 14.4. The number of halogens is 1. The van der Waals surface area contributed by atoms with Crippen molar-refractivity contribution >= 4 is 28.2 Å². The second kappa shape index (κ2) is 6.99. The molecule has 4 aromatic rings. The lowest BCUT2D eigenvalue weighted by Gasteiger charge is -2.25. The number of hydrogen-bond acceptors (Lipinski definition) is 5. The number of anilines is 2. The molecule has 0 bridgehead atoms. The van der Waals surface area contributed by atoms with Crippen LogP contribution in [0.3, 0.4) is 0 Å². The van der Waals surface area contributed by atoms with Crippen LogP contribution in [0.5, 0.6) is 0 Å². The summed E-state index contributed by atoms with van der Waals surface area (Å²) in [5.41, 5.74) is 4.16. The number of aromatic nitrogens is 5. The van der Waals surface area contributed by atoms with Gasteiger partial charge < -0.3 is 4.90 Å². The molecule has 4 heterocycles. The van der Waals surface area contributed by atoms with E-state index in [1.807, 2.05) is 23.7 Å². The molecule has 1 fully saturated rings. The van der Waals surface area contributed by atoms with Crippen molar-refractivity contribution in [2.45, 2.75) is 46.0 Å². The Balaban J connectivity index is 1.58. The lowest BCUT2D eigenvalue weighted by Crippen LogP contribution is -2.21. The fourth-order valence-electron chi connectivity index (χ4n) is 4.47. The zero-order chi connectivity index (χ0) is 21.9. The first kappa shape index (κ1) is 19.2. The van der Waals surface area contributed by atoms with Gasteiger partial charge in [-0.2, -0.15) is 4.98 Å². The quantitative estimate of drug-likeness (QED) is 0.411. The van der Waals surface area contributed by atoms with Crippen molar-refractivity contribution in [3.8, 4) is 11.8 Å². The van der Waals surface area contributed by atoms with Crippen molar-refractivity contribution in [1.29, 1.82) is 0 Å². The number of benzene rings is 1. The molecule has 0 spiro atoms. The zero-order valence-corrected chi connectivity index (χ0v) is 18.2. The second-order valence-corrected chi connectivity index (χ2v) is 9.08. The third kappa shape index (κ3) is 3.10. The maximum absolute atomic E-state index is 14.4. The molecule has 1 aliphatic heterocycles. The summed E-state index contributed by atoms with van der Waals surface area (Å²) in [6.07, 6.45) is 9.07. The van der Waals surface area contributed by atoms with E-state index in [1.165, 1.54) is 11.6 Å². The van der Waals surface area contributed by atoms with Gasteiger partial charge in [-0.3, -0.25) is 9.38 Å². The molecule has 0 amide bonds. The van der Waals surface area contributed by atoms with E-state index in [0.717, 1.165) is 66.6 Å². The predicted octanol–water partition coefficient (Wildman–Crippen LogP) is 4.75. The Bertz CT molecular complexity index is 1440. The summed E-state index contributed by atoms with van der Waals surface area (Å²) in [4.78, 5) is 11.5. The van der Waals surface area contributed by atoms with E-state index in [4.69, 9.17) is 4.98 Å². The van der Waals surface area contributed by atoms with Gasteiger partial charge in [-0.05, 0) is 69.7 Å². The molecule has 6 nitrogen and oxygen atoms in total. The van der Waals surface area contributed by atoms with Crippen LogP contribution in [0.25, 0.3) is 16.7 Å². The first-order valence-electron chi connectivity index (χ1n) is 11.1. The minimum Gasteiger partial charge on any atom is -0.324 e. The summed E-state index contributed by atoms with van der Waals surface area (Å²) in [5, 5.41) is 9.17. The maximum Gasteiger partial charge on any atom is 0.257 e. The van der Waals surface area contributed by atoms with E-state index in [9.17, 15) is 4.39 Å². The minimum atomic E-state index is -0.295. The van der Waals surface area contributed by atoms with E-state index < -0.39 is 0 Å². The van der Waals surface area contributed by atoms with Crippen molar-refractivity contribution in [2.75, 3.05) is 11.4 Å². The van der Waals surface area contributed by atoms with Crippen molar-refractivity contribution in [3.05, 3.63) is 53.4 Å². The second-order valence-electron chi connectivity index (χ2n) is 9.08. The molecule has 6 rings (SSSR count). The fraction of sp³-hybridized carbons (Fsp3) is 0.360. The zero-order valence-electron chi connectivity index (χ0n) is 18.2. The lowest BCUT2D eigenvalue weighted by molar-refractivity contribution is 0.629. The van der Waals surface area contributed by atoms with Gasteiger partial charge in [-0.15, -0.1) is 10.2 Å². The topological polar surface area (TPSA) is 59.2 Å². The van der Waals surface area contributed by atoms with Gasteiger partial charge >= 0.3 is 0 Å². The molecular weight excluding hydrogens is 403 g/mol.